The van der Waals surface area contributed by atoms with Crippen molar-refractivity contribution < 1.29 is 4.79 Å². The molecule has 4 aromatic rings. The molecular weight excluding hydrogens is 468 g/mol. The van der Waals surface area contributed by atoms with Crippen molar-refractivity contribution in [1.29, 1.82) is 0 Å². The van der Waals surface area contributed by atoms with E-state index in [1.165, 1.54) is 11.3 Å². The molecule has 1 aromatic heterocycles. The summed E-state index contributed by atoms with van der Waals surface area (Å²) in [6.45, 7) is 9.48. The van der Waals surface area contributed by atoms with Crippen LogP contribution < -0.4 is 5.73 Å². The molecule has 1 amide bonds. The number of amides is 1. The highest BCUT2D eigenvalue weighted by Gasteiger charge is 2.27. The lowest BCUT2D eigenvalue weighted by atomic mass is 10.0. The molecule has 0 aliphatic carbocycles. The van der Waals surface area contributed by atoms with Crippen LogP contribution in [0.4, 0.5) is 0 Å². The van der Waals surface area contributed by atoms with Gasteiger partial charge in [0.2, 0.25) is 5.91 Å². The Kier molecular flexibility index (Phi) is 9.50. The molecule has 0 fully saturated rings. The number of carbonyl (C=O) groups is 1. The minimum absolute atomic E-state index is 0.134. The first-order chi connectivity index (χ1) is 18.5. The second kappa shape index (κ2) is 13.2. The summed E-state index contributed by atoms with van der Waals surface area (Å²) in [5.41, 5.74) is 11.8. The van der Waals surface area contributed by atoms with E-state index in [2.05, 4.69) is 90.9 Å². The van der Waals surface area contributed by atoms with E-state index in [1.54, 1.807) is 0 Å². The summed E-state index contributed by atoms with van der Waals surface area (Å²) < 4.78 is 2.46. The zero-order valence-electron chi connectivity index (χ0n) is 22.9. The van der Waals surface area contributed by atoms with Crippen molar-refractivity contribution >= 4 is 5.91 Å². The van der Waals surface area contributed by atoms with Gasteiger partial charge in [0.1, 0.15) is 5.82 Å². The van der Waals surface area contributed by atoms with Crippen molar-refractivity contribution in [3.63, 3.8) is 0 Å². The lowest BCUT2D eigenvalue weighted by Crippen LogP contribution is -2.30. The number of nitrogens with two attached hydrogens (primary N) is 1. The smallest absolute Gasteiger partial charge is 0.248 e. The predicted molar refractivity (Wildman–Crippen MR) is 157 cm³/mol. The van der Waals surface area contributed by atoms with Crippen LogP contribution in [0.2, 0.25) is 0 Å². The molecule has 1 unspecified atom stereocenters. The average Bonchev–Trinajstić information content (AvgIpc) is 3.34. The molecule has 0 aliphatic rings. The normalized spacial score (nSPS) is 12.1. The van der Waals surface area contributed by atoms with Gasteiger partial charge in [-0.3, -0.25) is 9.69 Å². The lowest BCUT2D eigenvalue weighted by molar-refractivity contribution is 0.1000. The molecule has 0 bridgehead atoms. The zero-order chi connectivity index (χ0) is 26.9. The summed E-state index contributed by atoms with van der Waals surface area (Å²) in [4.78, 5) is 19.4. The number of carbonyl (C=O) groups excluding carboxylic acids is 1. The minimum Gasteiger partial charge on any atom is -0.366 e. The first-order valence-electron chi connectivity index (χ1n) is 13.9. The predicted octanol–water partition coefficient (Wildman–Crippen LogP) is 7.48. The second-order valence-electron chi connectivity index (χ2n) is 9.97. The fourth-order valence-corrected chi connectivity index (χ4v) is 5.00. The van der Waals surface area contributed by atoms with Crippen LogP contribution in [0, 0.1) is 0 Å². The molecule has 0 spiro atoms. The average molecular weight is 509 g/mol. The number of aromatic nitrogens is 2. The third-order valence-corrected chi connectivity index (χ3v) is 7.19. The summed E-state index contributed by atoms with van der Waals surface area (Å²) in [6, 6.07) is 28.9. The van der Waals surface area contributed by atoms with E-state index in [9.17, 15) is 4.79 Å². The fourth-order valence-electron chi connectivity index (χ4n) is 5.00. The van der Waals surface area contributed by atoms with Gasteiger partial charge in [0.15, 0.2) is 0 Å². The molecule has 0 aliphatic heterocycles. The first-order valence-corrected chi connectivity index (χ1v) is 13.9. The quantitative estimate of drug-likeness (QED) is 0.204. The summed E-state index contributed by atoms with van der Waals surface area (Å²) in [7, 11) is 0. The Morgan fingerprint density at radius 2 is 1.47 bits per heavy atom. The minimum atomic E-state index is -0.395. The summed E-state index contributed by atoms with van der Waals surface area (Å²) in [5.74, 6) is 0.634. The van der Waals surface area contributed by atoms with Gasteiger partial charge in [-0.25, -0.2) is 4.98 Å². The second-order valence-corrected chi connectivity index (χ2v) is 9.97. The third kappa shape index (κ3) is 6.40. The highest BCUT2D eigenvalue weighted by Crippen LogP contribution is 2.36. The van der Waals surface area contributed by atoms with Crippen LogP contribution in [0.15, 0.2) is 84.9 Å². The molecule has 1 heterocycles. The van der Waals surface area contributed by atoms with Crippen molar-refractivity contribution in [2.24, 2.45) is 5.73 Å². The van der Waals surface area contributed by atoms with Gasteiger partial charge < -0.3 is 10.3 Å². The Hall–Kier alpha value is -3.70. The number of benzene rings is 3. The Morgan fingerprint density at radius 3 is 2.05 bits per heavy atom. The third-order valence-electron chi connectivity index (χ3n) is 7.19. The van der Waals surface area contributed by atoms with Crippen molar-refractivity contribution in [2.45, 2.75) is 65.6 Å². The van der Waals surface area contributed by atoms with Crippen LogP contribution in [0.1, 0.15) is 74.1 Å². The van der Waals surface area contributed by atoms with Gasteiger partial charge in [0.25, 0.3) is 0 Å². The zero-order valence-corrected chi connectivity index (χ0v) is 22.9. The van der Waals surface area contributed by atoms with Gasteiger partial charge >= 0.3 is 0 Å². The standard InChI is InChI=1S/C33H40N4O/c1-4-6-22-36(24-26-18-20-28(21-19-26)32(34)38)25(3)31-30(27-14-10-8-11-15-27)35-33(37(31)23-7-5-2)29-16-12-9-13-17-29/h8-21,25H,4-7,22-24H2,1-3H3,(H2,34,38). The van der Waals surface area contributed by atoms with E-state index >= 15 is 0 Å². The number of unbranched alkanes of at least 4 members (excludes halogenated alkanes) is 2. The van der Waals surface area contributed by atoms with Crippen molar-refractivity contribution in [3.05, 3.63) is 102 Å². The number of imidazole rings is 1. The van der Waals surface area contributed by atoms with Crippen LogP contribution >= 0.6 is 0 Å². The molecule has 1 atom stereocenters. The van der Waals surface area contributed by atoms with E-state index < -0.39 is 5.91 Å². The Balaban J connectivity index is 1.82. The topological polar surface area (TPSA) is 64.2 Å². The van der Waals surface area contributed by atoms with Crippen molar-refractivity contribution in [2.75, 3.05) is 6.54 Å². The van der Waals surface area contributed by atoms with Crippen LogP contribution in [-0.2, 0) is 13.1 Å². The van der Waals surface area contributed by atoms with E-state index in [-0.39, 0.29) is 6.04 Å². The van der Waals surface area contributed by atoms with Crippen molar-refractivity contribution in [1.82, 2.24) is 14.5 Å². The lowest BCUT2D eigenvalue weighted by Gasteiger charge is -2.31. The molecule has 5 heteroatoms. The molecule has 0 radical (unpaired) electrons. The van der Waals surface area contributed by atoms with Crippen LogP contribution in [0.5, 0.6) is 0 Å². The van der Waals surface area contributed by atoms with E-state index in [1.807, 2.05) is 24.3 Å². The van der Waals surface area contributed by atoms with Gasteiger partial charge in [-0.2, -0.15) is 0 Å². The fraction of sp³-hybridized carbons (Fsp3) is 0.333. The number of hydrogen-bond acceptors (Lipinski definition) is 3. The van der Waals surface area contributed by atoms with E-state index in [4.69, 9.17) is 10.7 Å². The van der Waals surface area contributed by atoms with Crippen LogP contribution in [0.25, 0.3) is 22.6 Å². The van der Waals surface area contributed by atoms with Gasteiger partial charge in [0.05, 0.1) is 11.4 Å². The van der Waals surface area contributed by atoms with Crippen molar-refractivity contribution in [3.8, 4) is 22.6 Å². The molecule has 0 saturated heterocycles. The van der Waals surface area contributed by atoms with Gasteiger partial charge in [-0.05, 0) is 44.0 Å². The van der Waals surface area contributed by atoms with Crippen LogP contribution in [0.3, 0.4) is 0 Å². The van der Waals surface area contributed by atoms with E-state index in [0.29, 0.717) is 5.56 Å². The van der Waals surface area contributed by atoms with Gasteiger partial charge in [-0.15, -0.1) is 0 Å². The molecule has 3 aromatic carbocycles. The molecule has 4 rings (SSSR count). The van der Waals surface area contributed by atoms with E-state index in [0.717, 1.165) is 68.0 Å². The number of hydrogen-bond donors (Lipinski definition) is 1. The Labute approximate surface area is 227 Å². The number of nitrogens with zero attached hydrogens (tertiary/aromatic N) is 3. The number of rotatable bonds is 13. The van der Waals surface area contributed by atoms with Gasteiger partial charge in [0, 0.05) is 35.8 Å². The molecule has 5 nitrogen and oxygen atoms in total. The Bertz CT molecular complexity index is 1300. The van der Waals surface area contributed by atoms with Gasteiger partial charge in [-0.1, -0.05) is 99.5 Å². The monoisotopic (exact) mass is 508 g/mol. The summed E-state index contributed by atoms with van der Waals surface area (Å²) in [6.07, 6.45) is 4.44. The molecule has 2 N–H and O–H groups in total. The molecule has 198 valence electrons. The first kappa shape index (κ1) is 27.3. The maximum atomic E-state index is 11.6. The Morgan fingerprint density at radius 1 is 0.868 bits per heavy atom. The maximum Gasteiger partial charge on any atom is 0.248 e. The van der Waals surface area contributed by atoms with Crippen LogP contribution in [-0.4, -0.2) is 26.9 Å². The highest BCUT2D eigenvalue weighted by atomic mass is 16.1. The molecule has 38 heavy (non-hydrogen) atoms. The SMILES string of the molecule is CCCCN(Cc1ccc(C(N)=O)cc1)C(C)c1c(-c2ccccc2)nc(-c2ccccc2)n1CCCC. The maximum absolute atomic E-state index is 11.6. The molecule has 0 saturated carbocycles. The molecular formula is C33H40N4O. The summed E-state index contributed by atoms with van der Waals surface area (Å²) in [5, 5.41) is 0. The highest BCUT2D eigenvalue weighted by molar-refractivity contribution is 5.92. The largest absolute Gasteiger partial charge is 0.366 e. The number of primary amides is 1. The summed E-state index contributed by atoms with van der Waals surface area (Å²) >= 11 is 0.